The number of sulfonamides is 1. The van der Waals surface area contributed by atoms with Crippen LogP contribution in [-0.2, 0) is 10.0 Å². The smallest absolute Gasteiger partial charge is 0.264 e. The molecular weight excluding hydrogens is 248 g/mol. The van der Waals surface area contributed by atoms with Gasteiger partial charge in [-0.2, -0.15) is 0 Å². The van der Waals surface area contributed by atoms with Crippen molar-refractivity contribution in [1.82, 2.24) is 9.59 Å². The van der Waals surface area contributed by atoms with Crippen molar-refractivity contribution in [3.8, 4) is 0 Å². The summed E-state index contributed by atoms with van der Waals surface area (Å²) in [4.78, 5) is 0.0448. The largest absolute Gasteiger partial charge is 0.398 e. The van der Waals surface area contributed by atoms with Gasteiger partial charge in [-0.3, -0.25) is 4.72 Å². The van der Waals surface area contributed by atoms with E-state index in [-0.39, 0.29) is 10.6 Å². The molecule has 3 N–H and O–H groups in total. The average molecular weight is 256 g/mol. The van der Waals surface area contributed by atoms with Crippen molar-refractivity contribution in [2.24, 2.45) is 0 Å². The summed E-state index contributed by atoms with van der Waals surface area (Å²) in [6.45, 7) is 0. The third-order valence-electron chi connectivity index (χ3n) is 1.80. The van der Waals surface area contributed by atoms with E-state index < -0.39 is 10.0 Å². The van der Waals surface area contributed by atoms with Gasteiger partial charge in [0.25, 0.3) is 10.0 Å². The Labute approximate surface area is 96.3 Å². The van der Waals surface area contributed by atoms with Crippen molar-refractivity contribution >= 4 is 32.2 Å². The molecule has 84 valence electrons. The van der Waals surface area contributed by atoms with Crippen LogP contribution in [0.25, 0.3) is 0 Å². The van der Waals surface area contributed by atoms with Gasteiger partial charge in [0.2, 0.25) is 0 Å². The van der Waals surface area contributed by atoms with Gasteiger partial charge in [0, 0.05) is 11.5 Å². The number of para-hydroxylation sites is 1. The van der Waals surface area contributed by atoms with Crippen molar-refractivity contribution in [3.05, 3.63) is 30.5 Å². The second-order valence-corrected chi connectivity index (χ2v) is 5.36. The number of nitrogens with one attached hydrogen (secondary N) is 1. The topological polar surface area (TPSA) is 98.0 Å². The van der Waals surface area contributed by atoms with Crippen LogP contribution in [0, 0.1) is 0 Å². The first-order chi connectivity index (χ1) is 7.59. The van der Waals surface area contributed by atoms with Crippen molar-refractivity contribution < 1.29 is 8.42 Å². The van der Waals surface area contributed by atoms with E-state index in [1.165, 1.54) is 18.3 Å². The van der Waals surface area contributed by atoms with Crippen LogP contribution in [-0.4, -0.2) is 18.0 Å². The normalized spacial score (nSPS) is 11.2. The molecule has 0 bridgehead atoms. The third kappa shape index (κ3) is 2.12. The standard InChI is InChI=1S/C8H8N4O2S2/c9-6-3-1-2-4-7(6)16(13,14)11-8-5-10-12-15-8/h1-5,11H,9H2. The molecule has 0 radical (unpaired) electrons. The monoisotopic (exact) mass is 256 g/mol. The molecule has 2 aromatic rings. The summed E-state index contributed by atoms with van der Waals surface area (Å²) in [6.07, 6.45) is 1.33. The molecule has 0 amide bonds. The lowest BCUT2D eigenvalue weighted by Gasteiger charge is -2.06. The predicted octanol–water partition coefficient (Wildman–Crippen LogP) is 0.921. The van der Waals surface area contributed by atoms with E-state index in [1.807, 2.05) is 0 Å². The van der Waals surface area contributed by atoms with Crippen molar-refractivity contribution in [3.63, 3.8) is 0 Å². The van der Waals surface area contributed by atoms with Crippen LogP contribution < -0.4 is 10.5 Å². The van der Waals surface area contributed by atoms with Gasteiger partial charge in [0.1, 0.15) is 9.90 Å². The lowest BCUT2D eigenvalue weighted by molar-refractivity contribution is 0.601. The van der Waals surface area contributed by atoms with E-state index in [2.05, 4.69) is 14.3 Å². The molecule has 16 heavy (non-hydrogen) atoms. The molecule has 0 atom stereocenters. The summed E-state index contributed by atoms with van der Waals surface area (Å²) in [5, 5.41) is 3.88. The number of aromatic nitrogens is 2. The zero-order chi connectivity index (χ0) is 11.6. The second kappa shape index (κ2) is 4.06. The Morgan fingerprint density at radius 1 is 1.31 bits per heavy atom. The number of hydrogen-bond donors (Lipinski definition) is 2. The van der Waals surface area contributed by atoms with Gasteiger partial charge in [0.05, 0.1) is 11.9 Å². The lowest BCUT2D eigenvalue weighted by Crippen LogP contribution is -2.13. The number of hydrogen-bond acceptors (Lipinski definition) is 6. The third-order valence-corrected chi connectivity index (χ3v) is 3.95. The maximum atomic E-state index is 11.9. The molecule has 8 heteroatoms. The highest BCUT2D eigenvalue weighted by Crippen LogP contribution is 2.21. The second-order valence-electron chi connectivity index (χ2n) is 2.93. The number of benzene rings is 1. The molecule has 0 aliphatic heterocycles. The SMILES string of the molecule is Nc1ccccc1S(=O)(=O)Nc1cnns1. The lowest BCUT2D eigenvalue weighted by atomic mass is 10.3. The summed E-state index contributed by atoms with van der Waals surface area (Å²) >= 11 is 0.958. The van der Waals surface area contributed by atoms with E-state index >= 15 is 0 Å². The number of nitrogens with two attached hydrogens (primary N) is 1. The zero-order valence-electron chi connectivity index (χ0n) is 7.99. The summed E-state index contributed by atoms with van der Waals surface area (Å²) in [7, 11) is -3.66. The molecule has 0 saturated heterocycles. The fourth-order valence-corrected chi connectivity index (χ4v) is 2.94. The molecule has 2 rings (SSSR count). The van der Waals surface area contributed by atoms with Gasteiger partial charge in [-0.25, -0.2) is 8.42 Å². The van der Waals surface area contributed by atoms with Gasteiger partial charge >= 0.3 is 0 Å². The van der Waals surface area contributed by atoms with Crippen LogP contribution in [0.1, 0.15) is 0 Å². The molecule has 0 spiro atoms. The highest BCUT2D eigenvalue weighted by atomic mass is 32.2. The molecule has 0 fully saturated rings. The quantitative estimate of drug-likeness (QED) is 0.796. The minimum absolute atomic E-state index is 0.0448. The summed E-state index contributed by atoms with van der Waals surface area (Å²) < 4.78 is 29.7. The minimum Gasteiger partial charge on any atom is -0.398 e. The maximum absolute atomic E-state index is 11.9. The predicted molar refractivity (Wildman–Crippen MR) is 61.6 cm³/mol. The number of rotatable bonds is 3. The first kappa shape index (κ1) is 10.8. The molecular formula is C8H8N4O2S2. The highest BCUT2D eigenvalue weighted by Gasteiger charge is 2.17. The van der Waals surface area contributed by atoms with Gasteiger partial charge < -0.3 is 5.73 Å². The number of nitrogen functional groups attached to an aromatic ring is 1. The fourth-order valence-electron chi connectivity index (χ4n) is 1.12. The zero-order valence-corrected chi connectivity index (χ0v) is 9.62. The summed E-state index contributed by atoms with van der Waals surface area (Å²) in [5.74, 6) is 0. The van der Waals surface area contributed by atoms with E-state index in [1.54, 1.807) is 12.1 Å². The maximum Gasteiger partial charge on any atom is 0.264 e. The van der Waals surface area contributed by atoms with Crippen LogP contribution >= 0.6 is 11.5 Å². The Kier molecular flexibility index (Phi) is 2.75. The van der Waals surface area contributed by atoms with Gasteiger partial charge in [-0.05, 0) is 12.1 Å². The Balaban J connectivity index is 2.37. The van der Waals surface area contributed by atoms with Crippen molar-refractivity contribution in [2.45, 2.75) is 4.90 Å². The van der Waals surface area contributed by atoms with E-state index in [9.17, 15) is 8.42 Å². The molecule has 0 unspecified atom stereocenters. The van der Waals surface area contributed by atoms with Crippen LogP contribution in [0.3, 0.4) is 0 Å². The molecule has 0 aliphatic carbocycles. The highest BCUT2D eigenvalue weighted by molar-refractivity contribution is 7.93. The Morgan fingerprint density at radius 3 is 2.69 bits per heavy atom. The van der Waals surface area contributed by atoms with Crippen LogP contribution in [0.5, 0.6) is 0 Å². The van der Waals surface area contributed by atoms with Gasteiger partial charge in [-0.1, -0.05) is 16.6 Å². The minimum atomic E-state index is -3.66. The Hall–Kier alpha value is -1.67. The number of anilines is 2. The van der Waals surface area contributed by atoms with Crippen LogP contribution in [0.2, 0.25) is 0 Å². The average Bonchev–Trinajstić information content (AvgIpc) is 2.70. The van der Waals surface area contributed by atoms with Crippen molar-refractivity contribution in [2.75, 3.05) is 10.5 Å². The van der Waals surface area contributed by atoms with E-state index in [4.69, 9.17) is 5.73 Å². The van der Waals surface area contributed by atoms with Crippen molar-refractivity contribution in [1.29, 1.82) is 0 Å². The Morgan fingerprint density at radius 2 is 2.06 bits per heavy atom. The molecule has 0 saturated carbocycles. The Bertz CT molecular complexity index is 580. The molecule has 1 aromatic carbocycles. The number of nitrogens with zero attached hydrogens (tertiary/aromatic N) is 2. The molecule has 0 aliphatic rings. The first-order valence-corrected chi connectivity index (χ1v) is 6.50. The summed E-state index contributed by atoms with van der Waals surface area (Å²) in [5.41, 5.74) is 5.79. The molecule has 1 heterocycles. The van der Waals surface area contributed by atoms with E-state index in [0.29, 0.717) is 5.00 Å². The fraction of sp³-hybridized carbons (Fsp3) is 0. The van der Waals surface area contributed by atoms with E-state index in [0.717, 1.165) is 11.5 Å². The molecule has 1 aromatic heterocycles. The first-order valence-electron chi connectivity index (χ1n) is 4.24. The van der Waals surface area contributed by atoms with Gasteiger partial charge in [-0.15, -0.1) is 5.10 Å². The molecule has 6 nitrogen and oxygen atoms in total. The van der Waals surface area contributed by atoms with Crippen LogP contribution in [0.15, 0.2) is 35.4 Å². The summed E-state index contributed by atoms with van der Waals surface area (Å²) in [6, 6.07) is 6.24. The van der Waals surface area contributed by atoms with Gasteiger partial charge in [0.15, 0.2) is 0 Å². The van der Waals surface area contributed by atoms with Crippen LogP contribution in [0.4, 0.5) is 10.7 Å².